The van der Waals surface area contributed by atoms with Crippen LogP contribution in [0.3, 0.4) is 0 Å². The number of amides is 1. The fraction of sp³-hybridized carbons (Fsp3) is 0.421. The molecule has 30 heavy (non-hydrogen) atoms. The maximum Gasteiger partial charge on any atom is 0.522 e. The fourth-order valence-corrected chi connectivity index (χ4v) is 3.60. The second-order valence-corrected chi connectivity index (χ2v) is 7.17. The molecule has 1 aliphatic rings. The Morgan fingerprint density at radius 3 is 2.53 bits per heavy atom. The van der Waals surface area contributed by atoms with Crippen LogP contribution in [0.2, 0.25) is 0 Å². The Morgan fingerprint density at radius 2 is 1.87 bits per heavy atom. The van der Waals surface area contributed by atoms with Crippen molar-refractivity contribution in [2.45, 2.75) is 51.1 Å². The summed E-state index contributed by atoms with van der Waals surface area (Å²) in [6, 6.07) is 1.64. The minimum absolute atomic E-state index is 0.214. The molecule has 11 heteroatoms. The highest BCUT2D eigenvalue weighted by atomic mass is 19.4. The molecule has 0 spiro atoms. The third-order valence-corrected chi connectivity index (χ3v) is 5.07. The Kier molecular flexibility index (Phi) is 5.37. The molecule has 0 atom stereocenters. The van der Waals surface area contributed by atoms with E-state index in [0.29, 0.717) is 18.8 Å². The molecule has 0 aromatic carbocycles. The minimum atomic E-state index is -4.63. The molecule has 1 fully saturated rings. The molecule has 0 aliphatic heterocycles. The lowest BCUT2D eigenvalue weighted by Crippen LogP contribution is -2.40. The first-order valence-corrected chi connectivity index (χ1v) is 9.47. The topological polar surface area (TPSA) is 94.8 Å². The number of nitrogens with zero attached hydrogens (tertiary/aromatic N) is 5. The molecule has 3 heterocycles. The molecule has 1 saturated carbocycles. The van der Waals surface area contributed by atoms with E-state index in [0.717, 1.165) is 16.6 Å². The highest BCUT2D eigenvalue weighted by Crippen LogP contribution is 2.28. The van der Waals surface area contributed by atoms with Gasteiger partial charge in [0.25, 0.3) is 11.9 Å². The van der Waals surface area contributed by atoms with Crippen LogP contribution in [0.4, 0.5) is 13.2 Å². The predicted molar refractivity (Wildman–Crippen MR) is 99.8 cm³/mol. The summed E-state index contributed by atoms with van der Waals surface area (Å²) in [6.07, 6.45) is 1.95. The quantitative estimate of drug-likeness (QED) is 0.697. The van der Waals surface area contributed by atoms with E-state index in [1.807, 2.05) is 13.0 Å². The molecule has 3 aromatic rings. The first kappa shape index (κ1) is 20.2. The van der Waals surface area contributed by atoms with Gasteiger partial charge in [-0.25, -0.2) is 9.97 Å². The summed E-state index contributed by atoms with van der Waals surface area (Å²) in [5.41, 5.74) is 1.83. The summed E-state index contributed by atoms with van der Waals surface area (Å²) >= 11 is 0. The predicted octanol–water partition coefficient (Wildman–Crippen LogP) is 3.10. The average Bonchev–Trinajstić information content (AvgIpc) is 3.05. The van der Waals surface area contributed by atoms with E-state index in [1.54, 1.807) is 17.1 Å². The number of carbonyl (C=O) groups is 1. The Morgan fingerprint density at radius 1 is 1.17 bits per heavy atom. The molecule has 0 radical (unpaired) electrons. The first-order chi connectivity index (χ1) is 14.3. The smallest absolute Gasteiger partial charge is 0.349 e. The van der Waals surface area contributed by atoms with E-state index in [-0.39, 0.29) is 30.4 Å². The van der Waals surface area contributed by atoms with Crippen molar-refractivity contribution in [1.29, 1.82) is 0 Å². The van der Waals surface area contributed by atoms with Gasteiger partial charge in [0.05, 0.1) is 29.1 Å². The number of aryl methyl sites for hydroxylation is 1. The van der Waals surface area contributed by atoms with Crippen LogP contribution >= 0.6 is 0 Å². The third kappa shape index (κ3) is 4.40. The van der Waals surface area contributed by atoms with Gasteiger partial charge in [-0.3, -0.25) is 14.5 Å². The van der Waals surface area contributed by atoms with Crippen LogP contribution in [-0.2, 0) is 4.74 Å². The molecular formula is C19H19F3N6O2. The van der Waals surface area contributed by atoms with Crippen molar-refractivity contribution in [2.24, 2.45) is 0 Å². The third-order valence-electron chi connectivity index (χ3n) is 5.07. The summed E-state index contributed by atoms with van der Waals surface area (Å²) in [6.45, 7) is 1.87. The van der Waals surface area contributed by atoms with Crippen molar-refractivity contribution in [3.8, 4) is 5.95 Å². The zero-order valence-corrected chi connectivity index (χ0v) is 16.1. The number of pyridine rings is 1. The number of ether oxygens (including phenoxy) is 1. The molecule has 1 amide bonds. The van der Waals surface area contributed by atoms with Crippen molar-refractivity contribution in [3.63, 3.8) is 0 Å². The average molecular weight is 420 g/mol. The number of fused-ring (bicyclic) bond motifs is 1. The van der Waals surface area contributed by atoms with Gasteiger partial charge in [-0.05, 0) is 38.7 Å². The fourth-order valence-electron chi connectivity index (χ4n) is 3.60. The number of halogens is 3. The number of hydrogen-bond acceptors (Lipinski definition) is 6. The van der Waals surface area contributed by atoms with Gasteiger partial charge in [0.1, 0.15) is 0 Å². The monoisotopic (exact) mass is 420 g/mol. The maximum atomic E-state index is 12.5. The molecular weight excluding hydrogens is 401 g/mol. The van der Waals surface area contributed by atoms with Crippen LogP contribution in [0.25, 0.3) is 16.9 Å². The van der Waals surface area contributed by atoms with Crippen LogP contribution in [0.15, 0.2) is 30.9 Å². The van der Waals surface area contributed by atoms with Crippen molar-refractivity contribution in [3.05, 3.63) is 42.1 Å². The number of alkyl halides is 3. The first-order valence-electron chi connectivity index (χ1n) is 9.47. The molecule has 0 saturated heterocycles. The zero-order valence-electron chi connectivity index (χ0n) is 16.1. The van der Waals surface area contributed by atoms with E-state index >= 15 is 0 Å². The van der Waals surface area contributed by atoms with Gasteiger partial charge in [-0.15, -0.1) is 13.2 Å². The SMILES string of the molecule is Cc1nn(-c2ncc(C(=O)NC3CCC(OC(F)(F)F)CC3)cn2)c2cnccc12. The summed E-state index contributed by atoms with van der Waals surface area (Å²) < 4.78 is 42.5. The van der Waals surface area contributed by atoms with E-state index in [1.165, 1.54) is 12.4 Å². The van der Waals surface area contributed by atoms with Crippen LogP contribution in [0.5, 0.6) is 0 Å². The van der Waals surface area contributed by atoms with Crippen molar-refractivity contribution in [2.75, 3.05) is 0 Å². The lowest BCUT2D eigenvalue weighted by molar-refractivity contribution is -0.345. The number of aromatic nitrogens is 5. The second-order valence-electron chi connectivity index (χ2n) is 7.17. The molecule has 158 valence electrons. The van der Waals surface area contributed by atoms with Crippen molar-refractivity contribution in [1.82, 2.24) is 30.0 Å². The van der Waals surface area contributed by atoms with Gasteiger partial charge in [-0.1, -0.05) is 0 Å². The Bertz CT molecular complexity index is 1040. The van der Waals surface area contributed by atoms with Gasteiger partial charge in [0, 0.05) is 30.0 Å². The summed E-state index contributed by atoms with van der Waals surface area (Å²) in [5, 5.41) is 8.17. The Balaban J connectivity index is 1.39. The van der Waals surface area contributed by atoms with E-state index in [9.17, 15) is 18.0 Å². The minimum Gasteiger partial charge on any atom is -0.349 e. The number of hydrogen-bond donors (Lipinski definition) is 1. The van der Waals surface area contributed by atoms with Crippen molar-refractivity contribution < 1.29 is 22.7 Å². The van der Waals surface area contributed by atoms with Gasteiger partial charge < -0.3 is 5.32 Å². The highest BCUT2D eigenvalue weighted by molar-refractivity contribution is 5.93. The van der Waals surface area contributed by atoms with E-state index in [4.69, 9.17) is 0 Å². The lowest BCUT2D eigenvalue weighted by atomic mass is 9.93. The van der Waals surface area contributed by atoms with E-state index < -0.39 is 12.5 Å². The van der Waals surface area contributed by atoms with Crippen LogP contribution in [0, 0.1) is 6.92 Å². The summed E-state index contributed by atoms with van der Waals surface area (Å²) in [4.78, 5) is 25.0. The molecule has 8 nitrogen and oxygen atoms in total. The standard InChI is InChI=1S/C19H19F3N6O2/c1-11-15-6-7-23-10-16(15)28(27-11)18-24-8-12(9-25-18)17(29)26-13-2-4-14(5-3-13)30-19(20,21)22/h6-10,13-14H,2-5H2,1H3,(H,26,29). The van der Waals surface area contributed by atoms with Crippen molar-refractivity contribution >= 4 is 16.8 Å². The number of nitrogens with one attached hydrogen (secondary N) is 1. The number of carbonyl (C=O) groups excluding carboxylic acids is 1. The largest absolute Gasteiger partial charge is 0.522 e. The van der Waals surface area contributed by atoms with Gasteiger partial charge >= 0.3 is 6.36 Å². The molecule has 4 rings (SSSR count). The molecule has 0 bridgehead atoms. The van der Waals surface area contributed by atoms with Gasteiger partial charge in [0.15, 0.2) is 0 Å². The molecule has 3 aromatic heterocycles. The zero-order chi connectivity index (χ0) is 21.3. The van der Waals surface area contributed by atoms with Crippen LogP contribution in [-0.4, -0.2) is 49.1 Å². The van der Waals surface area contributed by atoms with Gasteiger partial charge in [0.2, 0.25) is 0 Å². The molecule has 1 N–H and O–H groups in total. The Hall–Kier alpha value is -3.08. The maximum absolute atomic E-state index is 12.5. The molecule has 1 aliphatic carbocycles. The van der Waals surface area contributed by atoms with Crippen LogP contribution < -0.4 is 5.32 Å². The summed E-state index contributed by atoms with van der Waals surface area (Å²) in [5.74, 6) is -0.0626. The second kappa shape index (κ2) is 7.98. The van der Waals surface area contributed by atoms with E-state index in [2.05, 4.69) is 30.1 Å². The molecule has 0 unspecified atom stereocenters. The number of rotatable bonds is 4. The summed E-state index contributed by atoms with van der Waals surface area (Å²) in [7, 11) is 0. The Labute approximate surface area is 169 Å². The normalized spacial score (nSPS) is 19.7. The van der Waals surface area contributed by atoms with Gasteiger partial charge in [-0.2, -0.15) is 9.78 Å². The highest BCUT2D eigenvalue weighted by Gasteiger charge is 2.35. The lowest BCUT2D eigenvalue weighted by Gasteiger charge is -2.29. The van der Waals surface area contributed by atoms with Crippen LogP contribution in [0.1, 0.15) is 41.7 Å².